The minimum absolute atomic E-state index is 0.690. The summed E-state index contributed by atoms with van der Waals surface area (Å²) in [5, 5.41) is 16.3. The second kappa shape index (κ2) is 5.33. The predicted octanol–water partition coefficient (Wildman–Crippen LogP) is -1.80. The molecule has 6 heteroatoms. The number of aliphatic carboxylic acids is 2. The molecule has 1 aliphatic rings. The Morgan fingerprint density at radius 3 is 2.07 bits per heavy atom. The van der Waals surface area contributed by atoms with Gasteiger partial charge in [0.15, 0.2) is 5.97 Å². The predicted molar refractivity (Wildman–Crippen MR) is 51.6 cm³/mol. The Hall–Kier alpha value is -1.59. The largest absolute Gasteiger partial charge is 0.539 e. The zero-order chi connectivity index (χ0) is 12.2. The van der Waals surface area contributed by atoms with E-state index >= 15 is 0 Å². The van der Waals surface area contributed by atoms with Crippen LogP contribution in [0.4, 0.5) is 0 Å². The Bertz CT molecular complexity index is 270. The molecule has 15 heavy (non-hydrogen) atoms. The van der Waals surface area contributed by atoms with Crippen molar-refractivity contribution in [1.29, 1.82) is 0 Å². The van der Waals surface area contributed by atoms with Crippen molar-refractivity contribution in [2.45, 2.75) is 19.9 Å². The van der Waals surface area contributed by atoms with Crippen molar-refractivity contribution in [3.8, 4) is 0 Å². The molecule has 1 rings (SSSR count). The van der Waals surface area contributed by atoms with Gasteiger partial charge in [-0.15, -0.1) is 0 Å². The molecule has 0 saturated heterocycles. The van der Waals surface area contributed by atoms with Crippen LogP contribution >= 0.6 is 0 Å². The first-order chi connectivity index (χ1) is 6.77. The molecule has 86 valence electrons. The summed E-state index contributed by atoms with van der Waals surface area (Å²) in [6, 6.07) is 0.690. The summed E-state index contributed by atoms with van der Waals surface area (Å²) < 4.78 is 2.31. The van der Waals surface area contributed by atoms with E-state index in [0.717, 1.165) is 0 Å². The van der Waals surface area contributed by atoms with Gasteiger partial charge in [-0.2, -0.15) is 0 Å². The summed E-state index contributed by atoms with van der Waals surface area (Å²) >= 11 is 0. The van der Waals surface area contributed by atoms with E-state index in [1.54, 1.807) is 0 Å². The molecule has 0 aliphatic carbocycles. The molecular formula is C9H16N2O4. The number of nitrogens with zero attached hydrogens (tertiary/aromatic N) is 2. The van der Waals surface area contributed by atoms with E-state index in [0.29, 0.717) is 6.04 Å². The number of likely N-dealkylation sites (N-methyl/N-ethyl adjacent to an activating group) is 2. The van der Waals surface area contributed by atoms with Gasteiger partial charge in [0.2, 0.25) is 5.84 Å². The fraction of sp³-hybridized carbons (Fsp3) is 0.667. The molecule has 1 heterocycles. The van der Waals surface area contributed by atoms with Crippen molar-refractivity contribution in [3.05, 3.63) is 0 Å². The van der Waals surface area contributed by atoms with Crippen LogP contribution in [-0.2, 0) is 9.59 Å². The molecule has 1 N–H and O–H groups in total. The molecular weight excluding hydrogens is 200 g/mol. The first-order valence-electron chi connectivity index (χ1n) is 4.49. The van der Waals surface area contributed by atoms with Crippen LogP contribution < -0.4 is 5.11 Å². The van der Waals surface area contributed by atoms with E-state index < -0.39 is 11.9 Å². The molecule has 0 aromatic rings. The lowest BCUT2D eigenvalue weighted by Crippen LogP contribution is -2.30. The summed E-state index contributed by atoms with van der Waals surface area (Å²) in [6.07, 6.45) is 0. The summed E-state index contributed by atoms with van der Waals surface area (Å²) in [5.41, 5.74) is 0. The molecule has 0 saturated carbocycles. The van der Waals surface area contributed by atoms with Crippen LogP contribution in [0.3, 0.4) is 0 Å². The van der Waals surface area contributed by atoms with E-state index in [2.05, 4.69) is 37.4 Å². The fourth-order valence-electron chi connectivity index (χ4n) is 1.24. The highest BCUT2D eigenvalue weighted by Crippen LogP contribution is 2.02. The maximum Gasteiger partial charge on any atom is 0.351 e. The average molecular weight is 216 g/mol. The summed E-state index contributed by atoms with van der Waals surface area (Å²) in [5.74, 6) is -2.63. The Balaban J connectivity index is 0.000000288. The maximum atomic E-state index is 9.04. The highest BCUT2D eigenvalue weighted by molar-refractivity contribution is 6.26. The number of carbonyl (C=O) groups is 2. The van der Waals surface area contributed by atoms with Gasteiger partial charge in [0.25, 0.3) is 0 Å². The van der Waals surface area contributed by atoms with Crippen LogP contribution in [-0.4, -0.2) is 59.0 Å². The second-order valence-electron chi connectivity index (χ2n) is 3.48. The van der Waals surface area contributed by atoms with Gasteiger partial charge in [0, 0.05) is 6.92 Å². The lowest BCUT2D eigenvalue weighted by Gasteiger charge is -1.99. The van der Waals surface area contributed by atoms with Crippen LogP contribution in [0.1, 0.15) is 13.8 Å². The van der Waals surface area contributed by atoms with Gasteiger partial charge in [0.1, 0.15) is 12.6 Å². The zero-order valence-corrected chi connectivity index (χ0v) is 9.35. The third-order valence-corrected chi connectivity index (χ3v) is 2.44. The Kier molecular flexibility index (Phi) is 4.77. The standard InChI is InChI=1S/C7H15N2.C2H2O4/c1-6-5-8(3)7(2)9(6)4;3-1(4)2(5)6/h6H,5H2,1-4H3;(H,3,4)(H,5,6)/q+1;/p-1. The molecule has 0 radical (unpaired) electrons. The monoisotopic (exact) mass is 216 g/mol. The highest BCUT2D eigenvalue weighted by Gasteiger charge is 2.26. The number of carboxylic acids is 2. The maximum absolute atomic E-state index is 9.04. The molecule has 1 atom stereocenters. The molecule has 0 aromatic carbocycles. The topological polar surface area (TPSA) is 83.7 Å². The van der Waals surface area contributed by atoms with Crippen molar-refractivity contribution in [3.63, 3.8) is 0 Å². The molecule has 0 spiro atoms. The highest BCUT2D eigenvalue weighted by atomic mass is 16.4. The smallest absolute Gasteiger partial charge is 0.351 e. The van der Waals surface area contributed by atoms with Crippen LogP contribution in [0, 0.1) is 0 Å². The fourth-order valence-corrected chi connectivity index (χ4v) is 1.24. The Morgan fingerprint density at radius 1 is 1.60 bits per heavy atom. The summed E-state index contributed by atoms with van der Waals surface area (Å²) in [6.45, 7) is 5.57. The van der Waals surface area contributed by atoms with Crippen LogP contribution in [0.5, 0.6) is 0 Å². The molecule has 0 bridgehead atoms. The van der Waals surface area contributed by atoms with Gasteiger partial charge >= 0.3 is 5.97 Å². The van der Waals surface area contributed by atoms with Gasteiger partial charge in [-0.3, -0.25) is 9.48 Å². The third-order valence-electron chi connectivity index (χ3n) is 2.44. The van der Waals surface area contributed by atoms with E-state index in [1.807, 2.05) is 0 Å². The van der Waals surface area contributed by atoms with Crippen LogP contribution in [0.25, 0.3) is 0 Å². The Morgan fingerprint density at radius 2 is 2.00 bits per heavy atom. The third kappa shape index (κ3) is 3.97. The van der Waals surface area contributed by atoms with Gasteiger partial charge in [-0.25, -0.2) is 4.79 Å². The summed E-state index contributed by atoms with van der Waals surface area (Å²) in [4.78, 5) is 20.3. The number of hydrogen-bond acceptors (Lipinski definition) is 4. The first-order valence-corrected chi connectivity index (χ1v) is 4.49. The minimum atomic E-state index is -2.07. The molecule has 6 nitrogen and oxygen atoms in total. The number of rotatable bonds is 0. The van der Waals surface area contributed by atoms with E-state index in [4.69, 9.17) is 19.8 Å². The molecule has 0 amide bonds. The normalized spacial score (nSPS) is 19.7. The molecule has 1 unspecified atom stereocenters. The van der Waals surface area contributed by atoms with Gasteiger partial charge in [0.05, 0.1) is 14.1 Å². The quantitative estimate of drug-likeness (QED) is 0.381. The molecule has 0 aromatic heterocycles. The van der Waals surface area contributed by atoms with Crippen molar-refractivity contribution < 1.29 is 24.4 Å². The lowest BCUT2D eigenvalue weighted by atomic mass is 10.3. The van der Waals surface area contributed by atoms with E-state index in [-0.39, 0.29) is 0 Å². The minimum Gasteiger partial charge on any atom is -0.539 e. The van der Waals surface area contributed by atoms with Crippen molar-refractivity contribution >= 4 is 17.8 Å². The van der Waals surface area contributed by atoms with Crippen LogP contribution in [0.2, 0.25) is 0 Å². The molecule has 1 aliphatic heterocycles. The average Bonchev–Trinajstić information content (AvgIpc) is 2.34. The number of amidine groups is 1. The zero-order valence-electron chi connectivity index (χ0n) is 9.35. The van der Waals surface area contributed by atoms with Crippen molar-refractivity contribution in [2.75, 3.05) is 20.6 Å². The lowest BCUT2D eigenvalue weighted by molar-refractivity contribution is -0.523. The van der Waals surface area contributed by atoms with Gasteiger partial charge in [-0.1, -0.05) is 0 Å². The van der Waals surface area contributed by atoms with E-state index in [9.17, 15) is 0 Å². The van der Waals surface area contributed by atoms with Crippen molar-refractivity contribution in [2.24, 2.45) is 0 Å². The van der Waals surface area contributed by atoms with Gasteiger partial charge in [-0.05, 0) is 6.92 Å². The van der Waals surface area contributed by atoms with E-state index in [1.165, 1.54) is 12.4 Å². The Labute approximate surface area is 88.4 Å². The summed E-state index contributed by atoms with van der Waals surface area (Å²) in [7, 11) is 4.28. The number of hydrogen-bond donors (Lipinski definition) is 1. The number of carbonyl (C=O) groups excluding carboxylic acids is 1. The number of carboxylic acid groups (broad SMARTS) is 2. The first kappa shape index (κ1) is 13.4. The van der Waals surface area contributed by atoms with Crippen molar-refractivity contribution in [1.82, 2.24) is 4.90 Å². The van der Waals surface area contributed by atoms with Gasteiger partial charge < -0.3 is 15.0 Å². The SMILES string of the molecule is CC1=[N+](C)C(C)CN1C.O=C([O-])C(=O)O. The van der Waals surface area contributed by atoms with Crippen LogP contribution in [0.15, 0.2) is 0 Å². The molecule has 0 fully saturated rings. The second-order valence-corrected chi connectivity index (χ2v) is 3.48.